The minimum absolute atomic E-state index is 0. The molecule has 0 aromatic heterocycles. The summed E-state index contributed by atoms with van der Waals surface area (Å²) in [6.45, 7) is 9.27. The molecule has 1 aromatic carbocycles. The smallest absolute Gasteiger partial charge is 0.213 e. The standard InChI is InChI=1S/C19H33N5O2S.HI/c1-15(2)24-13-16(3)18(14-24)23-19(20-4)21-10-11-27(25,26)22-12-17-8-6-5-7-9-17;/h5-9,15-16,18,22H,10-14H2,1-4H3,(H2,20,21,23);1H. The monoisotopic (exact) mass is 523 g/mol. The Morgan fingerprint density at radius 1 is 1.25 bits per heavy atom. The van der Waals surface area contributed by atoms with Crippen molar-refractivity contribution >= 4 is 40.0 Å². The van der Waals surface area contributed by atoms with Crippen LogP contribution in [0, 0.1) is 5.92 Å². The Kier molecular flexibility index (Phi) is 10.7. The highest BCUT2D eigenvalue weighted by Gasteiger charge is 2.31. The predicted molar refractivity (Wildman–Crippen MR) is 127 cm³/mol. The van der Waals surface area contributed by atoms with Gasteiger partial charge in [0.25, 0.3) is 0 Å². The average Bonchev–Trinajstić information content (AvgIpc) is 3.01. The van der Waals surface area contributed by atoms with E-state index in [1.807, 2.05) is 30.3 Å². The Labute approximate surface area is 186 Å². The van der Waals surface area contributed by atoms with Gasteiger partial charge in [-0.25, -0.2) is 13.1 Å². The average molecular weight is 523 g/mol. The van der Waals surface area contributed by atoms with Crippen LogP contribution in [-0.4, -0.2) is 63.8 Å². The molecule has 0 bridgehead atoms. The molecule has 2 unspecified atom stereocenters. The number of likely N-dealkylation sites (tertiary alicyclic amines) is 1. The molecule has 160 valence electrons. The molecule has 2 atom stereocenters. The zero-order chi connectivity index (χ0) is 19.9. The Morgan fingerprint density at radius 3 is 2.50 bits per heavy atom. The number of rotatable bonds is 8. The van der Waals surface area contributed by atoms with Crippen molar-refractivity contribution in [1.29, 1.82) is 0 Å². The van der Waals surface area contributed by atoms with Gasteiger partial charge < -0.3 is 10.6 Å². The van der Waals surface area contributed by atoms with Crippen LogP contribution in [0.5, 0.6) is 0 Å². The molecule has 7 nitrogen and oxygen atoms in total. The maximum absolute atomic E-state index is 12.2. The van der Waals surface area contributed by atoms with Crippen LogP contribution in [-0.2, 0) is 16.6 Å². The van der Waals surface area contributed by atoms with E-state index in [0.29, 0.717) is 37.1 Å². The summed E-state index contributed by atoms with van der Waals surface area (Å²) in [6.07, 6.45) is 0. The third kappa shape index (κ3) is 8.22. The SMILES string of the molecule is CN=C(NCCS(=O)(=O)NCc1ccccc1)NC1CN(C(C)C)CC1C.I. The fourth-order valence-electron chi connectivity index (χ4n) is 3.15. The summed E-state index contributed by atoms with van der Waals surface area (Å²) in [5.41, 5.74) is 0.941. The van der Waals surface area contributed by atoms with Gasteiger partial charge in [0.1, 0.15) is 0 Å². The van der Waals surface area contributed by atoms with Crippen LogP contribution < -0.4 is 15.4 Å². The van der Waals surface area contributed by atoms with Crippen LogP contribution in [0.2, 0.25) is 0 Å². The van der Waals surface area contributed by atoms with E-state index >= 15 is 0 Å². The van der Waals surface area contributed by atoms with Gasteiger partial charge in [-0.05, 0) is 25.3 Å². The molecular formula is C19H34IN5O2S. The van der Waals surface area contributed by atoms with Crippen molar-refractivity contribution in [3.05, 3.63) is 35.9 Å². The van der Waals surface area contributed by atoms with Gasteiger partial charge in [-0.1, -0.05) is 37.3 Å². The van der Waals surface area contributed by atoms with Crippen molar-refractivity contribution < 1.29 is 8.42 Å². The first-order valence-electron chi connectivity index (χ1n) is 9.53. The number of guanidine groups is 1. The molecule has 1 aromatic rings. The van der Waals surface area contributed by atoms with Gasteiger partial charge in [-0.15, -0.1) is 24.0 Å². The number of benzene rings is 1. The van der Waals surface area contributed by atoms with Crippen LogP contribution in [0.25, 0.3) is 0 Å². The largest absolute Gasteiger partial charge is 0.355 e. The lowest BCUT2D eigenvalue weighted by Gasteiger charge is -2.22. The van der Waals surface area contributed by atoms with Crippen molar-refractivity contribution in [2.24, 2.45) is 10.9 Å². The number of sulfonamides is 1. The zero-order valence-corrected chi connectivity index (χ0v) is 20.3. The summed E-state index contributed by atoms with van der Waals surface area (Å²) >= 11 is 0. The lowest BCUT2D eigenvalue weighted by atomic mass is 10.1. The quantitative estimate of drug-likeness (QED) is 0.274. The second kappa shape index (κ2) is 11.9. The number of nitrogens with zero attached hydrogens (tertiary/aromatic N) is 2. The zero-order valence-electron chi connectivity index (χ0n) is 17.2. The van der Waals surface area contributed by atoms with Crippen LogP contribution in [0.3, 0.4) is 0 Å². The van der Waals surface area contributed by atoms with Gasteiger partial charge >= 0.3 is 0 Å². The molecular weight excluding hydrogens is 489 g/mol. The summed E-state index contributed by atoms with van der Waals surface area (Å²) in [5, 5.41) is 6.54. The Bertz CT molecular complexity index is 712. The lowest BCUT2D eigenvalue weighted by molar-refractivity contribution is 0.265. The van der Waals surface area contributed by atoms with E-state index in [1.54, 1.807) is 7.05 Å². The van der Waals surface area contributed by atoms with Gasteiger partial charge in [-0.2, -0.15) is 0 Å². The third-order valence-electron chi connectivity index (χ3n) is 4.92. The molecule has 9 heteroatoms. The topological polar surface area (TPSA) is 85.8 Å². The summed E-state index contributed by atoms with van der Waals surface area (Å²) in [6, 6.07) is 10.3. The number of hydrogen-bond donors (Lipinski definition) is 3. The van der Waals surface area contributed by atoms with Crippen LogP contribution >= 0.6 is 24.0 Å². The van der Waals surface area contributed by atoms with E-state index < -0.39 is 10.0 Å². The van der Waals surface area contributed by atoms with Crippen molar-refractivity contribution in [3.63, 3.8) is 0 Å². The van der Waals surface area contributed by atoms with Gasteiger partial charge in [0.2, 0.25) is 10.0 Å². The Hall–Kier alpha value is -0.910. The highest BCUT2D eigenvalue weighted by Crippen LogP contribution is 2.18. The molecule has 1 saturated heterocycles. The summed E-state index contributed by atoms with van der Waals surface area (Å²) in [7, 11) is -1.64. The second-order valence-corrected chi connectivity index (χ2v) is 9.33. The number of aliphatic imine (C=N–C) groups is 1. The molecule has 1 fully saturated rings. The minimum Gasteiger partial charge on any atom is -0.355 e. The lowest BCUT2D eigenvalue weighted by Crippen LogP contribution is -2.48. The van der Waals surface area contributed by atoms with E-state index in [0.717, 1.165) is 18.7 Å². The van der Waals surface area contributed by atoms with Gasteiger partial charge in [0.15, 0.2) is 5.96 Å². The van der Waals surface area contributed by atoms with Crippen LogP contribution in [0.15, 0.2) is 35.3 Å². The number of halogens is 1. The molecule has 0 aliphatic carbocycles. The van der Waals surface area contributed by atoms with Gasteiger partial charge in [0.05, 0.1) is 5.75 Å². The van der Waals surface area contributed by atoms with Crippen molar-refractivity contribution in [1.82, 2.24) is 20.3 Å². The summed E-state index contributed by atoms with van der Waals surface area (Å²) in [4.78, 5) is 6.67. The molecule has 0 saturated carbocycles. The van der Waals surface area contributed by atoms with E-state index in [2.05, 4.69) is 46.0 Å². The summed E-state index contributed by atoms with van der Waals surface area (Å²) in [5.74, 6) is 1.16. The maximum atomic E-state index is 12.2. The molecule has 1 heterocycles. The van der Waals surface area contributed by atoms with Gasteiger partial charge in [0, 0.05) is 45.3 Å². The van der Waals surface area contributed by atoms with Gasteiger partial charge in [-0.3, -0.25) is 9.89 Å². The molecule has 0 radical (unpaired) electrons. The molecule has 0 amide bonds. The fourth-order valence-corrected chi connectivity index (χ4v) is 4.05. The normalized spacial score (nSPS) is 20.8. The minimum atomic E-state index is -3.35. The van der Waals surface area contributed by atoms with Crippen molar-refractivity contribution in [3.8, 4) is 0 Å². The van der Waals surface area contributed by atoms with Crippen LogP contribution in [0.1, 0.15) is 26.3 Å². The predicted octanol–water partition coefficient (Wildman–Crippen LogP) is 1.62. The number of hydrogen-bond acceptors (Lipinski definition) is 4. The van der Waals surface area contributed by atoms with Crippen LogP contribution in [0.4, 0.5) is 0 Å². The molecule has 1 aliphatic rings. The van der Waals surface area contributed by atoms with Crippen molar-refractivity contribution in [2.45, 2.75) is 39.4 Å². The first-order valence-corrected chi connectivity index (χ1v) is 11.2. The van der Waals surface area contributed by atoms with Crippen molar-refractivity contribution in [2.75, 3.05) is 32.4 Å². The highest BCUT2D eigenvalue weighted by molar-refractivity contribution is 14.0. The maximum Gasteiger partial charge on any atom is 0.213 e. The second-order valence-electron chi connectivity index (χ2n) is 7.40. The van der Waals surface area contributed by atoms with E-state index in [1.165, 1.54) is 0 Å². The molecule has 3 N–H and O–H groups in total. The molecule has 1 aliphatic heterocycles. The fraction of sp³-hybridized carbons (Fsp3) is 0.632. The van der Waals surface area contributed by atoms with E-state index in [4.69, 9.17) is 0 Å². The van der Waals surface area contributed by atoms with E-state index in [-0.39, 0.29) is 29.7 Å². The summed E-state index contributed by atoms with van der Waals surface area (Å²) < 4.78 is 27.0. The first kappa shape index (κ1) is 25.1. The number of nitrogens with one attached hydrogen (secondary N) is 3. The Balaban J connectivity index is 0.00000392. The molecule has 2 rings (SSSR count). The molecule has 0 spiro atoms. The van der Waals surface area contributed by atoms with E-state index in [9.17, 15) is 8.42 Å². The Morgan fingerprint density at radius 2 is 1.93 bits per heavy atom. The third-order valence-corrected chi connectivity index (χ3v) is 6.24. The first-order chi connectivity index (χ1) is 12.8. The highest BCUT2D eigenvalue weighted by atomic mass is 127. The molecule has 28 heavy (non-hydrogen) atoms.